The first-order valence-corrected chi connectivity index (χ1v) is 10.7. The molecule has 5 heteroatoms. The van der Waals surface area contributed by atoms with Crippen LogP contribution in [0.4, 0.5) is 0 Å². The molecule has 0 N–H and O–H groups in total. The number of methoxy groups -OCH3 is 1. The number of ether oxygens (including phenoxy) is 2. The van der Waals surface area contributed by atoms with Gasteiger partial charge in [0.25, 0.3) is 0 Å². The van der Waals surface area contributed by atoms with Gasteiger partial charge in [-0.3, -0.25) is 4.79 Å². The average Bonchev–Trinajstić information content (AvgIpc) is 2.98. The zero-order valence-electron chi connectivity index (χ0n) is 19.8. The fourth-order valence-corrected chi connectivity index (χ4v) is 3.33. The number of fused-ring (bicyclic) bond motifs is 1. The molecule has 33 heavy (non-hydrogen) atoms. The Morgan fingerprint density at radius 3 is 2.27 bits per heavy atom. The Bertz CT molecular complexity index is 1180. The number of hydrogen-bond acceptors (Lipinski definition) is 5. The number of rotatable bonds is 6. The largest absolute Gasteiger partial charge is 0.427 e. The number of allylic oxidation sites excluding steroid dienone is 4. The second-order valence-corrected chi connectivity index (χ2v) is 7.15. The standard InChI is InChI=1S/C26H24O5.C2H6/c1-6-8-18(7-2)24-23(19-9-11-20(12-10-19)30-17(3)27)21-13-15-26(4,29-5)16-14-22(21)31-25(24)28;1-2/h6-16H,1-2H2,3-5H3;1-2H3/b18-8+;. The Labute approximate surface area is 195 Å². The molecule has 0 saturated carbocycles. The molecule has 2 aromatic rings. The number of carbonyl (C=O) groups excluding carboxylic acids is 1. The van der Waals surface area contributed by atoms with Crippen LogP contribution in [-0.4, -0.2) is 18.7 Å². The minimum Gasteiger partial charge on any atom is -0.427 e. The van der Waals surface area contributed by atoms with Crippen LogP contribution in [0.2, 0.25) is 0 Å². The highest BCUT2D eigenvalue weighted by Crippen LogP contribution is 2.37. The van der Waals surface area contributed by atoms with E-state index in [-0.39, 0.29) is 0 Å². The highest BCUT2D eigenvalue weighted by Gasteiger charge is 2.25. The van der Waals surface area contributed by atoms with Crippen molar-refractivity contribution in [2.24, 2.45) is 0 Å². The predicted molar refractivity (Wildman–Crippen MR) is 135 cm³/mol. The smallest absolute Gasteiger partial charge is 0.344 e. The quantitative estimate of drug-likeness (QED) is 0.289. The monoisotopic (exact) mass is 446 g/mol. The second-order valence-electron chi connectivity index (χ2n) is 7.15. The molecule has 1 unspecified atom stereocenters. The lowest BCUT2D eigenvalue weighted by molar-refractivity contribution is -0.131. The van der Waals surface area contributed by atoms with Gasteiger partial charge in [0.05, 0.1) is 5.56 Å². The van der Waals surface area contributed by atoms with Gasteiger partial charge >= 0.3 is 11.6 Å². The van der Waals surface area contributed by atoms with Gasteiger partial charge in [-0.2, -0.15) is 0 Å². The summed E-state index contributed by atoms with van der Waals surface area (Å²) in [5.74, 6) is 0.434. The predicted octanol–water partition coefficient (Wildman–Crippen LogP) is 6.46. The highest BCUT2D eigenvalue weighted by atomic mass is 16.5. The molecule has 172 valence electrons. The molecule has 0 amide bonds. The molecule has 3 rings (SSSR count). The summed E-state index contributed by atoms with van der Waals surface area (Å²) in [6.07, 6.45) is 12.2. The molecule has 1 aromatic heterocycles. The van der Waals surface area contributed by atoms with Gasteiger partial charge in [-0.1, -0.05) is 63.4 Å². The zero-order chi connectivity index (χ0) is 24.6. The number of esters is 1. The van der Waals surface area contributed by atoms with Gasteiger partial charge in [0.2, 0.25) is 0 Å². The van der Waals surface area contributed by atoms with Gasteiger partial charge in [0, 0.05) is 25.2 Å². The van der Waals surface area contributed by atoms with E-state index in [1.807, 2.05) is 39.0 Å². The van der Waals surface area contributed by atoms with Crippen LogP contribution in [0.3, 0.4) is 0 Å². The first kappa shape index (κ1) is 25.6. The number of hydrogen-bond donors (Lipinski definition) is 0. The van der Waals surface area contributed by atoms with Crippen LogP contribution in [-0.2, 0) is 9.53 Å². The van der Waals surface area contributed by atoms with Crippen molar-refractivity contribution < 1.29 is 18.7 Å². The van der Waals surface area contributed by atoms with E-state index >= 15 is 0 Å². The van der Waals surface area contributed by atoms with Crippen molar-refractivity contribution in [2.45, 2.75) is 33.3 Å². The van der Waals surface area contributed by atoms with Crippen LogP contribution in [0.15, 0.2) is 77.0 Å². The summed E-state index contributed by atoms with van der Waals surface area (Å²) in [5, 5.41) is 0. The van der Waals surface area contributed by atoms with Crippen LogP contribution < -0.4 is 10.4 Å². The molecule has 0 saturated heterocycles. The van der Waals surface area contributed by atoms with E-state index in [0.29, 0.717) is 28.2 Å². The molecule has 1 atom stereocenters. The maximum atomic E-state index is 13.1. The van der Waals surface area contributed by atoms with Gasteiger partial charge < -0.3 is 13.9 Å². The summed E-state index contributed by atoms with van der Waals surface area (Å²) in [6, 6.07) is 6.95. The normalized spacial score (nSPS) is 16.7. The van der Waals surface area contributed by atoms with E-state index in [1.54, 1.807) is 55.7 Å². The first-order valence-electron chi connectivity index (χ1n) is 10.7. The molecular weight excluding hydrogens is 416 g/mol. The summed E-state index contributed by atoms with van der Waals surface area (Å²) in [7, 11) is 1.61. The fourth-order valence-electron chi connectivity index (χ4n) is 3.33. The third-order valence-corrected chi connectivity index (χ3v) is 4.99. The van der Waals surface area contributed by atoms with Gasteiger partial charge in [0.15, 0.2) is 0 Å². The lowest BCUT2D eigenvalue weighted by atomic mass is 9.91. The minimum atomic E-state index is -0.646. The SMILES string of the molecule is C=C/C=C(\C=C)c1c(-c2ccc(OC(C)=O)cc2)c2c(oc1=O)C=CC(C)(OC)C=C2.CC. The molecule has 1 aliphatic carbocycles. The average molecular weight is 447 g/mol. The van der Waals surface area contributed by atoms with E-state index in [9.17, 15) is 9.59 Å². The van der Waals surface area contributed by atoms with E-state index in [0.717, 1.165) is 11.1 Å². The Balaban J connectivity index is 0.00000187. The molecule has 1 aromatic carbocycles. The lowest BCUT2D eigenvalue weighted by Gasteiger charge is -2.18. The van der Waals surface area contributed by atoms with Crippen molar-refractivity contribution in [3.8, 4) is 16.9 Å². The summed E-state index contributed by atoms with van der Waals surface area (Å²) >= 11 is 0. The van der Waals surface area contributed by atoms with Crippen molar-refractivity contribution in [3.05, 3.63) is 95.1 Å². The Morgan fingerprint density at radius 2 is 1.73 bits per heavy atom. The van der Waals surface area contributed by atoms with Crippen LogP contribution in [0.5, 0.6) is 5.75 Å². The molecule has 0 radical (unpaired) electrons. The van der Waals surface area contributed by atoms with Crippen molar-refractivity contribution in [1.82, 2.24) is 0 Å². The Morgan fingerprint density at radius 1 is 1.09 bits per heavy atom. The minimum absolute atomic E-state index is 0.368. The van der Waals surface area contributed by atoms with Crippen molar-refractivity contribution >= 4 is 23.7 Å². The van der Waals surface area contributed by atoms with E-state index in [2.05, 4.69) is 13.2 Å². The topological polar surface area (TPSA) is 65.7 Å². The first-order chi connectivity index (χ1) is 15.8. The summed E-state index contributed by atoms with van der Waals surface area (Å²) in [6.45, 7) is 14.8. The zero-order valence-corrected chi connectivity index (χ0v) is 19.8. The van der Waals surface area contributed by atoms with Crippen molar-refractivity contribution in [1.29, 1.82) is 0 Å². The van der Waals surface area contributed by atoms with E-state index in [4.69, 9.17) is 13.9 Å². The van der Waals surface area contributed by atoms with Crippen molar-refractivity contribution in [2.75, 3.05) is 7.11 Å². The maximum Gasteiger partial charge on any atom is 0.344 e. The molecule has 0 bridgehead atoms. The summed E-state index contributed by atoms with van der Waals surface area (Å²) < 4.78 is 16.4. The van der Waals surface area contributed by atoms with Crippen LogP contribution in [0.1, 0.15) is 44.6 Å². The van der Waals surface area contributed by atoms with E-state index < -0.39 is 17.2 Å². The van der Waals surface area contributed by atoms with Gasteiger partial charge in [-0.25, -0.2) is 4.79 Å². The molecule has 1 heterocycles. The molecule has 0 aliphatic heterocycles. The number of carbonyl (C=O) groups is 1. The third-order valence-electron chi connectivity index (χ3n) is 4.99. The van der Waals surface area contributed by atoms with Crippen LogP contribution in [0.25, 0.3) is 28.9 Å². The van der Waals surface area contributed by atoms with Crippen molar-refractivity contribution in [3.63, 3.8) is 0 Å². The van der Waals surface area contributed by atoms with Gasteiger partial charge in [-0.15, -0.1) is 0 Å². The summed E-state index contributed by atoms with van der Waals surface area (Å²) in [5.41, 5.74) is 1.97. The fraction of sp³-hybridized carbons (Fsp3) is 0.214. The Hall–Kier alpha value is -3.70. The highest BCUT2D eigenvalue weighted by molar-refractivity contribution is 5.92. The molecule has 5 nitrogen and oxygen atoms in total. The molecular formula is C28H30O5. The van der Waals surface area contributed by atoms with E-state index in [1.165, 1.54) is 6.92 Å². The van der Waals surface area contributed by atoms with Crippen LogP contribution in [0, 0.1) is 0 Å². The molecule has 0 fully saturated rings. The number of benzene rings is 1. The molecule has 0 spiro atoms. The maximum absolute atomic E-state index is 13.1. The third kappa shape index (κ3) is 5.76. The molecule has 1 aliphatic rings. The Kier molecular flexibility index (Phi) is 8.71. The lowest BCUT2D eigenvalue weighted by Crippen LogP contribution is -2.19. The van der Waals surface area contributed by atoms with Crippen LogP contribution >= 0.6 is 0 Å². The summed E-state index contributed by atoms with van der Waals surface area (Å²) in [4.78, 5) is 24.3. The van der Waals surface area contributed by atoms with Gasteiger partial charge in [0.1, 0.15) is 17.1 Å². The second kappa shape index (κ2) is 11.2. The van der Waals surface area contributed by atoms with Gasteiger partial charge in [-0.05, 0) is 48.4 Å².